The minimum atomic E-state index is -0.253. The van der Waals surface area contributed by atoms with Gasteiger partial charge in [-0.2, -0.15) is 5.26 Å². The molecule has 0 radical (unpaired) electrons. The largest absolute Gasteiger partial charge is 0.293 e. The van der Waals surface area contributed by atoms with E-state index in [0.717, 1.165) is 46.4 Å². The van der Waals surface area contributed by atoms with Gasteiger partial charge in [0.25, 0.3) is 0 Å². The summed E-state index contributed by atoms with van der Waals surface area (Å²) < 4.78 is 0. The summed E-state index contributed by atoms with van der Waals surface area (Å²) in [4.78, 5) is 18.1. The molecule has 1 unspecified atom stereocenters. The molecule has 33 heavy (non-hydrogen) atoms. The number of nitriles is 1. The lowest BCUT2D eigenvalue weighted by Crippen LogP contribution is -2.25. The fraction of sp³-hybridized carbons (Fsp3) is 0.138. The minimum Gasteiger partial charge on any atom is -0.293 e. The third kappa shape index (κ3) is 4.20. The summed E-state index contributed by atoms with van der Waals surface area (Å²) in [5.41, 5.74) is 7.19. The third-order valence-corrected chi connectivity index (χ3v) is 7.29. The molecule has 1 heterocycles. The molecular formula is C29H22N2OS. The lowest BCUT2D eigenvalue weighted by molar-refractivity contribution is 0.0979. The smallest absolute Gasteiger partial charge is 0.176 e. The van der Waals surface area contributed by atoms with Gasteiger partial charge in [0.1, 0.15) is 11.1 Å². The van der Waals surface area contributed by atoms with Gasteiger partial charge in [0.2, 0.25) is 0 Å². The Hall–Kier alpha value is -3.68. The van der Waals surface area contributed by atoms with E-state index in [9.17, 15) is 10.1 Å². The van der Waals surface area contributed by atoms with Gasteiger partial charge in [-0.25, -0.2) is 4.98 Å². The molecule has 0 fully saturated rings. The first-order valence-corrected chi connectivity index (χ1v) is 11.9. The number of nitrogens with zero attached hydrogens (tertiary/aromatic N) is 2. The van der Waals surface area contributed by atoms with Gasteiger partial charge in [0.15, 0.2) is 5.78 Å². The Labute approximate surface area is 198 Å². The quantitative estimate of drug-likeness (QED) is 0.343. The van der Waals surface area contributed by atoms with Crippen LogP contribution in [0.5, 0.6) is 0 Å². The molecule has 3 aromatic carbocycles. The van der Waals surface area contributed by atoms with E-state index in [4.69, 9.17) is 4.98 Å². The van der Waals surface area contributed by atoms with Crippen molar-refractivity contribution in [1.29, 1.82) is 5.26 Å². The lowest BCUT2D eigenvalue weighted by atomic mass is 9.90. The molecule has 1 aliphatic rings. The summed E-state index contributed by atoms with van der Waals surface area (Å²) in [5.74, 6) is 0.120. The van der Waals surface area contributed by atoms with Crippen LogP contribution >= 0.6 is 11.8 Å². The molecule has 0 N–H and O–H groups in total. The summed E-state index contributed by atoms with van der Waals surface area (Å²) in [6.45, 7) is 2.05. The highest BCUT2D eigenvalue weighted by Gasteiger charge is 2.30. The van der Waals surface area contributed by atoms with Crippen LogP contribution in [0.2, 0.25) is 0 Å². The van der Waals surface area contributed by atoms with Crippen molar-refractivity contribution in [3.8, 4) is 28.5 Å². The first-order valence-electron chi connectivity index (χ1n) is 11.0. The predicted octanol–water partition coefficient (Wildman–Crippen LogP) is 6.89. The number of rotatable bonds is 4. The maximum atomic E-state index is 13.2. The van der Waals surface area contributed by atoms with E-state index in [1.807, 2.05) is 60.7 Å². The fourth-order valence-electron chi connectivity index (χ4n) is 4.25. The van der Waals surface area contributed by atoms with Crippen LogP contribution in [-0.4, -0.2) is 16.0 Å². The standard InChI is InChI=1S/C29H22N2OS/c1-19-11-13-22(14-12-19)26-17-24(20-7-3-2-4-8-20)25(18-30)29(31-26)33-27-16-15-21-9-5-6-10-23(21)28(27)32/h2-14,17,27H,15-16H2,1H3. The molecule has 0 aliphatic heterocycles. The summed E-state index contributed by atoms with van der Waals surface area (Å²) in [7, 11) is 0. The maximum Gasteiger partial charge on any atom is 0.176 e. The highest BCUT2D eigenvalue weighted by atomic mass is 32.2. The van der Waals surface area contributed by atoms with E-state index in [1.165, 1.54) is 17.3 Å². The first-order chi connectivity index (χ1) is 16.1. The fourth-order valence-corrected chi connectivity index (χ4v) is 5.41. The zero-order chi connectivity index (χ0) is 22.8. The summed E-state index contributed by atoms with van der Waals surface area (Å²) >= 11 is 1.43. The molecule has 0 saturated heterocycles. The number of thioether (sulfide) groups is 1. The van der Waals surface area contributed by atoms with Gasteiger partial charge in [-0.05, 0) is 37.0 Å². The number of ketones is 1. The molecule has 3 nitrogen and oxygen atoms in total. The van der Waals surface area contributed by atoms with E-state index in [0.29, 0.717) is 10.6 Å². The average molecular weight is 447 g/mol. The number of Topliss-reactive ketones (excluding diaryl/α,β-unsaturated/α-hetero) is 1. The average Bonchev–Trinajstić information content (AvgIpc) is 2.86. The third-order valence-electron chi connectivity index (χ3n) is 6.04. The van der Waals surface area contributed by atoms with Gasteiger partial charge in [-0.15, -0.1) is 0 Å². The summed E-state index contributed by atoms with van der Waals surface area (Å²) in [6, 6.07) is 30.3. The predicted molar refractivity (Wildman–Crippen MR) is 133 cm³/mol. The molecule has 0 spiro atoms. The zero-order valence-corrected chi connectivity index (χ0v) is 19.1. The molecule has 0 bridgehead atoms. The van der Waals surface area contributed by atoms with Crippen LogP contribution in [0.15, 0.2) is 90.0 Å². The van der Waals surface area contributed by atoms with Crippen LogP contribution in [-0.2, 0) is 6.42 Å². The summed E-state index contributed by atoms with van der Waals surface area (Å²) in [6.07, 6.45) is 1.59. The monoisotopic (exact) mass is 446 g/mol. The first kappa shape index (κ1) is 21.2. The second kappa shape index (κ2) is 9.05. The molecule has 4 heteroatoms. The lowest BCUT2D eigenvalue weighted by Gasteiger charge is -2.23. The van der Waals surface area contributed by atoms with Crippen LogP contribution < -0.4 is 0 Å². The van der Waals surface area contributed by atoms with Crippen LogP contribution in [0, 0.1) is 18.3 Å². The molecule has 160 valence electrons. The van der Waals surface area contributed by atoms with Crippen molar-refractivity contribution in [2.24, 2.45) is 0 Å². The Balaban J connectivity index is 1.62. The number of aryl methyl sites for hydroxylation is 2. The van der Waals surface area contributed by atoms with E-state index < -0.39 is 0 Å². The number of benzene rings is 3. The Morgan fingerprint density at radius 1 is 0.909 bits per heavy atom. The van der Waals surface area contributed by atoms with Crippen molar-refractivity contribution in [3.05, 3.63) is 107 Å². The highest BCUT2D eigenvalue weighted by Crippen LogP contribution is 2.39. The SMILES string of the molecule is Cc1ccc(-c2cc(-c3ccccc3)c(C#N)c(SC3CCc4ccccc4C3=O)n2)cc1. The normalized spacial score (nSPS) is 15.0. The van der Waals surface area contributed by atoms with Gasteiger partial charge in [0, 0.05) is 16.7 Å². The van der Waals surface area contributed by atoms with Gasteiger partial charge in [-0.1, -0.05) is 96.2 Å². The Morgan fingerprint density at radius 3 is 2.39 bits per heavy atom. The van der Waals surface area contributed by atoms with Crippen molar-refractivity contribution in [2.45, 2.75) is 30.0 Å². The molecule has 0 amide bonds. The molecular weight excluding hydrogens is 424 g/mol. The molecule has 1 aromatic heterocycles. The van der Waals surface area contributed by atoms with Gasteiger partial charge in [0.05, 0.1) is 16.5 Å². The van der Waals surface area contributed by atoms with Crippen LogP contribution in [0.3, 0.4) is 0 Å². The molecule has 1 aliphatic carbocycles. The van der Waals surface area contributed by atoms with E-state index in [1.54, 1.807) is 0 Å². The topological polar surface area (TPSA) is 53.8 Å². The number of carbonyl (C=O) groups is 1. The number of aromatic nitrogens is 1. The highest BCUT2D eigenvalue weighted by molar-refractivity contribution is 8.00. The maximum absolute atomic E-state index is 13.2. The van der Waals surface area contributed by atoms with Crippen LogP contribution in [0.1, 0.15) is 33.5 Å². The van der Waals surface area contributed by atoms with E-state index in [2.05, 4.69) is 37.3 Å². The number of fused-ring (bicyclic) bond motifs is 1. The number of hydrogen-bond donors (Lipinski definition) is 0. The Bertz CT molecular complexity index is 1370. The van der Waals surface area contributed by atoms with Crippen LogP contribution in [0.4, 0.5) is 0 Å². The van der Waals surface area contributed by atoms with Crippen molar-refractivity contribution in [3.63, 3.8) is 0 Å². The summed E-state index contributed by atoms with van der Waals surface area (Å²) in [5, 5.41) is 10.5. The van der Waals surface area contributed by atoms with Gasteiger partial charge >= 0.3 is 0 Å². The zero-order valence-electron chi connectivity index (χ0n) is 18.3. The van der Waals surface area contributed by atoms with Crippen LogP contribution in [0.25, 0.3) is 22.4 Å². The second-order valence-corrected chi connectivity index (χ2v) is 9.44. The van der Waals surface area contributed by atoms with Crippen molar-refractivity contribution < 1.29 is 4.79 Å². The number of hydrogen-bond acceptors (Lipinski definition) is 4. The Morgan fingerprint density at radius 2 is 1.64 bits per heavy atom. The van der Waals surface area contributed by atoms with Crippen molar-refractivity contribution in [1.82, 2.24) is 4.98 Å². The number of pyridine rings is 1. The van der Waals surface area contributed by atoms with Crippen molar-refractivity contribution in [2.75, 3.05) is 0 Å². The molecule has 5 rings (SSSR count). The molecule has 4 aromatic rings. The van der Waals surface area contributed by atoms with E-state index >= 15 is 0 Å². The Kier molecular flexibility index (Phi) is 5.81. The molecule has 0 saturated carbocycles. The minimum absolute atomic E-state index is 0.120. The number of carbonyl (C=O) groups excluding carboxylic acids is 1. The second-order valence-electron chi connectivity index (χ2n) is 8.25. The molecule has 1 atom stereocenters. The van der Waals surface area contributed by atoms with E-state index in [-0.39, 0.29) is 11.0 Å². The van der Waals surface area contributed by atoms with Gasteiger partial charge < -0.3 is 0 Å². The van der Waals surface area contributed by atoms with Crippen molar-refractivity contribution >= 4 is 17.5 Å². The van der Waals surface area contributed by atoms with Gasteiger partial charge in [-0.3, -0.25) is 4.79 Å².